The third-order valence-corrected chi connectivity index (χ3v) is 8.24. The van der Waals surface area contributed by atoms with Crippen molar-refractivity contribution < 1.29 is 20.1 Å². The number of imidazole rings is 1. The molecular formula is C38H28IrN5. The Labute approximate surface area is 270 Å². The van der Waals surface area contributed by atoms with Gasteiger partial charge in [0.05, 0.1) is 11.0 Å². The van der Waals surface area contributed by atoms with Gasteiger partial charge in [0.25, 0.3) is 0 Å². The zero-order valence-electron chi connectivity index (χ0n) is 24.1. The van der Waals surface area contributed by atoms with Gasteiger partial charge in [-0.15, -0.1) is 35.3 Å². The minimum Gasteiger partial charge on any atom is -0.504 e. The molecule has 9 rings (SSSR count). The van der Waals surface area contributed by atoms with Gasteiger partial charge in [-0.25, -0.2) is 4.98 Å². The Morgan fingerprint density at radius 2 is 1.48 bits per heavy atom. The van der Waals surface area contributed by atoms with E-state index in [0.717, 1.165) is 45.4 Å². The minimum absolute atomic E-state index is 0. The molecule has 0 radical (unpaired) electrons. The number of hydrogen-bond acceptors (Lipinski definition) is 4. The van der Waals surface area contributed by atoms with Crippen molar-refractivity contribution in [3.63, 3.8) is 0 Å². The van der Waals surface area contributed by atoms with Gasteiger partial charge in [0.1, 0.15) is 5.65 Å². The fourth-order valence-electron chi connectivity index (χ4n) is 6.29. The molecule has 5 nitrogen and oxygen atoms in total. The Balaban J connectivity index is 0.000000158. The summed E-state index contributed by atoms with van der Waals surface area (Å²) in [5.74, 6) is 0.246. The summed E-state index contributed by atoms with van der Waals surface area (Å²) >= 11 is 0. The Morgan fingerprint density at radius 3 is 2.32 bits per heavy atom. The first kappa shape index (κ1) is 28.0. The molecule has 44 heavy (non-hydrogen) atoms. The largest absolute Gasteiger partial charge is 3.00 e. The summed E-state index contributed by atoms with van der Waals surface area (Å²) in [5, 5.41) is 1.06. The molecular weight excluding hydrogens is 719 g/mol. The van der Waals surface area contributed by atoms with Crippen molar-refractivity contribution in [2.45, 2.75) is 12.3 Å². The third-order valence-electron chi connectivity index (χ3n) is 8.24. The van der Waals surface area contributed by atoms with Crippen molar-refractivity contribution in [2.75, 3.05) is 16.8 Å². The number of para-hydroxylation sites is 5. The van der Waals surface area contributed by atoms with Crippen LogP contribution in [0.1, 0.15) is 23.5 Å². The van der Waals surface area contributed by atoms with Crippen LogP contribution in [0.5, 0.6) is 0 Å². The SMILES string of the molecule is CN1[CH-]N(c2[c-]cccc2)c2ccccc21.[Ir+3].[c-]1cccc2c1c1c(c3nc4ccccc4n32)C(c2ccccc2)CC=N1. The average molecular weight is 747 g/mol. The summed E-state index contributed by atoms with van der Waals surface area (Å²) in [6.07, 6.45) is 2.92. The smallest absolute Gasteiger partial charge is 0.504 e. The predicted octanol–water partition coefficient (Wildman–Crippen LogP) is 8.87. The number of pyridine rings is 1. The summed E-state index contributed by atoms with van der Waals surface area (Å²) in [6, 6.07) is 48.2. The number of nitrogens with zero attached hydrogens (tertiary/aromatic N) is 5. The van der Waals surface area contributed by atoms with Crippen molar-refractivity contribution in [3.8, 4) is 0 Å². The van der Waals surface area contributed by atoms with Crippen molar-refractivity contribution in [3.05, 3.63) is 151 Å². The van der Waals surface area contributed by atoms with Gasteiger partial charge >= 0.3 is 20.1 Å². The zero-order chi connectivity index (χ0) is 28.8. The molecule has 0 saturated carbocycles. The maximum atomic E-state index is 5.03. The first-order chi connectivity index (χ1) is 21.3. The number of fused-ring (bicyclic) bond motifs is 9. The first-order valence-corrected chi connectivity index (χ1v) is 14.5. The van der Waals surface area contributed by atoms with Gasteiger partial charge in [-0.3, -0.25) is 0 Å². The molecule has 0 spiro atoms. The van der Waals surface area contributed by atoms with Crippen molar-refractivity contribution >= 4 is 56.5 Å². The third kappa shape index (κ3) is 4.68. The van der Waals surface area contributed by atoms with E-state index < -0.39 is 0 Å². The standard InChI is InChI=1S/C24H16N3.C14H12N2.Ir/c1-2-8-16(9-3-1)17-14-15-25-23-18-10-4-6-12-20(18)27-21-13-7-5-11-19(21)26-24(27)22(17)23;1-15-11-16(12-7-3-2-4-8-12)14-10-6-5-9-13(14)15;/h1-9,11-13,15,17H,14H2;2-7,9-11H,1H3;/q-1;-2;+3. The molecule has 2 aromatic heterocycles. The Kier molecular flexibility index (Phi) is 7.47. The number of aliphatic imine (C=N–C) groups is 1. The van der Waals surface area contributed by atoms with E-state index in [9.17, 15) is 0 Å². The van der Waals surface area contributed by atoms with Crippen molar-refractivity contribution in [2.24, 2.45) is 4.99 Å². The minimum atomic E-state index is 0. The van der Waals surface area contributed by atoms with Crippen LogP contribution in [0.3, 0.4) is 0 Å². The number of anilines is 3. The normalized spacial score (nSPS) is 15.1. The van der Waals surface area contributed by atoms with E-state index in [1.54, 1.807) is 0 Å². The van der Waals surface area contributed by atoms with E-state index in [4.69, 9.17) is 9.98 Å². The number of hydrogen-bond donors (Lipinski definition) is 0. The molecule has 0 aliphatic carbocycles. The number of benzene rings is 5. The monoisotopic (exact) mass is 747 g/mol. The van der Waals surface area contributed by atoms with Gasteiger partial charge in [-0.1, -0.05) is 54.6 Å². The van der Waals surface area contributed by atoms with Crippen LogP contribution in [-0.4, -0.2) is 22.6 Å². The van der Waals surface area contributed by atoms with Crippen molar-refractivity contribution in [1.82, 2.24) is 9.38 Å². The molecule has 1 unspecified atom stereocenters. The summed E-state index contributed by atoms with van der Waals surface area (Å²) in [5.41, 5.74) is 11.2. The van der Waals surface area contributed by atoms with E-state index in [0.29, 0.717) is 0 Å². The fraction of sp³-hybridized carbons (Fsp3) is 0.0789. The van der Waals surface area contributed by atoms with Crippen LogP contribution < -0.4 is 9.80 Å². The van der Waals surface area contributed by atoms with Gasteiger partial charge in [-0.05, 0) is 66.3 Å². The van der Waals surface area contributed by atoms with Crippen LogP contribution in [0, 0.1) is 18.8 Å². The average Bonchev–Trinajstić information content (AvgIpc) is 3.64. The van der Waals surface area contributed by atoms with Crippen LogP contribution in [0.15, 0.2) is 126 Å². The van der Waals surface area contributed by atoms with Gasteiger partial charge in [-0.2, -0.15) is 37.0 Å². The molecule has 2 aliphatic rings. The molecule has 0 bridgehead atoms. The molecule has 4 heterocycles. The maximum Gasteiger partial charge on any atom is 3.00 e. The van der Waals surface area contributed by atoms with E-state index >= 15 is 0 Å². The Hall–Kier alpha value is -4.77. The topological polar surface area (TPSA) is 36.1 Å². The van der Waals surface area contributed by atoms with Gasteiger partial charge < -0.3 is 19.2 Å². The van der Waals surface area contributed by atoms with E-state index in [1.165, 1.54) is 22.5 Å². The fourth-order valence-corrected chi connectivity index (χ4v) is 6.29. The van der Waals surface area contributed by atoms with Gasteiger partial charge in [0.2, 0.25) is 0 Å². The van der Waals surface area contributed by atoms with Crippen LogP contribution in [0.4, 0.5) is 22.7 Å². The summed E-state index contributed by atoms with van der Waals surface area (Å²) in [7, 11) is 2.06. The predicted molar refractivity (Wildman–Crippen MR) is 177 cm³/mol. The second-order valence-electron chi connectivity index (χ2n) is 10.8. The van der Waals surface area contributed by atoms with E-state index in [-0.39, 0.29) is 26.0 Å². The molecule has 0 N–H and O–H groups in total. The molecule has 0 fully saturated rings. The zero-order valence-corrected chi connectivity index (χ0v) is 26.5. The first-order valence-electron chi connectivity index (χ1n) is 14.5. The molecule has 6 heteroatoms. The molecule has 0 saturated heterocycles. The van der Waals surface area contributed by atoms with Crippen LogP contribution >= 0.6 is 0 Å². The maximum absolute atomic E-state index is 5.03. The Morgan fingerprint density at radius 1 is 0.750 bits per heavy atom. The van der Waals surface area contributed by atoms with Crippen LogP contribution in [0.25, 0.3) is 27.6 Å². The second kappa shape index (κ2) is 11.7. The van der Waals surface area contributed by atoms with Crippen LogP contribution in [-0.2, 0) is 20.1 Å². The number of aromatic nitrogens is 2. The molecule has 7 aromatic rings. The molecule has 2 aliphatic heterocycles. The van der Waals surface area contributed by atoms with Gasteiger partial charge in [0.15, 0.2) is 0 Å². The summed E-state index contributed by atoms with van der Waals surface area (Å²) in [4.78, 5) is 14.1. The summed E-state index contributed by atoms with van der Waals surface area (Å²) < 4.78 is 2.27. The van der Waals surface area contributed by atoms with Crippen LogP contribution in [0.2, 0.25) is 0 Å². The van der Waals surface area contributed by atoms with Crippen molar-refractivity contribution in [1.29, 1.82) is 0 Å². The van der Waals surface area contributed by atoms with Gasteiger partial charge in [0, 0.05) is 17.3 Å². The number of rotatable bonds is 2. The Bertz CT molecular complexity index is 2120. The quantitative estimate of drug-likeness (QED) is 0.166. The second-order valence-corrected chi connectivity index (χ2v) is 10.8. The molecule has 214 valence electrons. The molecule has 5 aromatic carbocycles. The summed E-state index contributed by atoms with van der Waals surface area (Å²) in [6.45, 7) is 2.08. The van der Waals surface area contributed by atoms with E-state index in [2.05, 4.69) is 125 Å². The molecule has 1 atom stereocenters. The molecule has 0 amide bonds. The van der Waals surface area contributed by atoms with E-state index in [1.807, 2.05) is 42.6 Å².